The standard InChI is InChI=1S/C14H19ClN2/c1-17-8-10(9-17)12-4-3-11(7-13(12)15)14(16)5-2-6-14/h3-4,7,10H,2,5-6,8-9,16H2,1H3. The van der Waals surface area contributed by atoms with Gasteiger partial charge in [0.1, 0.15) is 0 Å². The summed E-state index contributed by atoms with van der Waals surface area (Å²) in [6.07, 6.45) is 3.42. The Morgan fingerprint density at radius 2 is 2.06 bits per heavy atom. The van der Waals surface area contributed by atoms with Crippen molar-refractivity contribution < 1.29 is 0 Å². The van der Waals surface area contributed by atoms with E-state index in [-0.39, 0.29) is 5.54 Å². The summed E-state index contributed by atoms with van der Waals surface area (Å²) in [7, 11) is 2.14. The monoisotopic (exact) mass is 250 g/mol. The van der Waals surface area contributed by atoms with Crippen molar-refractivity contribution in [2.75, 3.05) is 20.1 Å². The van der Waals surface area contributed by atoms with Gasteiger partial charge in [0, 0.05) is 29.6 Å². The zero-order chi connectivity index (χ0) is 12.0. The lowest BCUT2D eigenvalue weighted by molar-refractivity contribution is 0.189. The number of halogens is 1. The second-order valence-electron chi connectivity index (χ2n) is 5.66. The molecular formula is C14H19ClN2. The summed E-state index contributed by atoms with van der Waals surface area (Å²) < 4.78 is 0. The quantitative estimate of drug-likeness (QED) is 0.875. The lowest BCUT2D eigenvalue weighted by atomic mass is 9.72. The first-order chi connectivity index (χ1) is 8.08. The first-order valence-corrected chi connectivity index (χ1v) is 6.74. The van der Waals surface area contributed by atoms with Gasteiger partial charge >= 0.3 is 0 Å². The number of benzene rings is 1. The number of likely N-dealkylation sites (tertiary alicyclic amines) is 1. The van der Waals surface area contributed by atoms with E-state index in [9.17, 15) is 0 Å². The van der Waals surface area contributed by atoms with Crippen LogP contribution in [-0.2, 0) is 5.54 Å². The normalized spacial score (nSPS) is 24.2. The van der Waals surface area contributed by atoms with Crippen molar-refractivity contribution in [2.45, 2.75) is 30.7 Å². The smallest absolute Gasteiger partial charge is 0.0445 e. The minimum Gasteiger partial charge on any atom is -0.321 e. The second-order valence-corrected chi connectivity index (χ2v) is 6.07. The zero-order valence-electron chi connectivity index (χ0n) is 10.2. The van der Waals surface area contributed by atoms with Crippen molar-refractivity contribution >= 4 is 11.6 Å². The van der Waals surface area contributed by atoms with Crippen molar-refractivity contribution in [3.8, 4) is 0 Å². The van der Waals surface area contributed by atoms with E-state index in [0.717, 1.165) is 31.0 Å². The SMILES string of the molecule is CN1CC(c2ccc(C3(N)CCC3)cc2Cl)C1. The summed E-state index contributed by atoms with van der Waals surface area (Å²) in [6.45, 7) is 2.24. The van der Waals surface area contributed by atoms with Crippen molar-refractivity contribution in [1.82, 2.24) is 4.90 Å². The Balaban J connectivity index is 1.84. The van der Waals surface area contributed by atoms with Gasteiger partial charge in [0.05, 0.1) is 0 Å². The first kappa shape index (κ1) is 11.5. The van der Waals surface area contributed by atoms with Crippen LogP contribution in [0.25, 0.3) is 0 Å². The Morgan fingerprint density at radius 1 is 1.35 bits per heavy atom. The van der Waals surface area contributed by atoms with Crippen molar-refractivity contribution in [2.24, 2.45) is 5.73 Å². The minimum atomic E-state index is -0.0986. The van der Waals surface area contributed by atoms with Gasteiger partial charge in [-0.05, 0) is 43.5 Å². The number of hydrogen-bond acceptors (Lipinski definition) is 2. The molecule has 17 heavy (non-hydrogen) atoms. The fourth-order valence-electron chi connectivity index (χ4n) is 2.91. The molecule has 0 unspecified atom stereocenters. The molecule has 1 saturated carbocycles. The van der Waals surface area contributed by atoms with Crippen molar-refractivity contribution in [3.63, 3.8) is 0 Å². The van der Waals surface area contributed by atoms with Crippen LogP contribution in [0.15, 0.2) is 18.2 Å². The maximum atomic E-state index is 6.40. The topological polar surface area (TPSA) is 29.3 Å². The molecule has 0 bridgehead atoms. The van der Waals surface area contributed by atoms with Gasteiger partial charge in [-0.1, -0.05) is 23.7 Å². The third-order valence-electron chi connectivity index (χ3n) is 4.33. The molecule has 0 spiro atoms. The second kappa shape index (κ2) is 3.98. The van der Waals surface area contributed by atoms with E-state index in [1.165, 1.54) is 17.5 Å². The highest BCUT2D eigenvalue weighted by molar-refractivity contribution is 6.31. The molecule has 2 nitrogen and oxygen atoms in total. The van der Waals surface area contributed by atoms with Crippen LogP contribution in [0.5, 0.6) is 0 Å². The fourth-order valence-corrected chi connectivity index (χ4v) is 3.24. The Morgan fingerprint density at radius 3 is 2.53 bits per heavy atom. The van der Waals surface area contributed by atoms with Gasteiger partial charge in [0.25, 0.3) is 0 Å². The van der Waals surface area contributed by atoms with Gasteiger partial charge in [-0.3, -0.25) is 0 Å². The predicted molar refractivity (Wildman–Crippen MR) is 71.4 cm³/mol. The summed E-state index contributed by atoms with van der Waals surface area (Å²) in [4.78, 5) is 2.31. The van der Waals surface area contributed by atoms with E-state index in [0.29, 0.717) is 5.92 Å². The van der Waals surface area contributed by atoms with E-state index in [4.69, 9.17) is 17.3 Å². The summed E-state index contributed by atoms with van der Waals surface area (Å²) in [5.74, 6) is 0.608. The first-order valence-electron chi connectivity index (χ1n) is 6.36. The number of nitrogens with zero attached hydrogens (tertiary/aromatic N) is 1. The molecule has 3 heteroatoms. The molecule has 1 aliphatic carbocycles. The van der Waals surface area contributed by atoms with Gasteiger partial charge < -0.3 is 10.6 Å². The molecule has 2 aliphatic rings. The Kier molecular flexibility index (Phi) is 2.69. The zero-order valence-corrected chi connectivity index (χ0v) is 11.0. The van der Waals surface area contributed by atoms with Crippen LogP contribution in [0, 0.1) is 0 Å². The average molecular weight is 251 g/mol. The summed E-state index contributed by atoms with van der Waals surface area (Å²) in [5, 5.41) is 0.900. The summed E-state index contributed by atoms with van der Waals surface area (Å²) >= 11 is 6.40. The Labute approximate surface area is 108 Å². The lowest BCUT2D eigenvalue weighted by Crippen LogP contribution is -2.43. The number of likely N-dealkylation sites (N-methyl/N-ethyl adjacent to an activating group) is 1. The summed E-state index contributed by atoms with van der Waals surface area (Å²) in [6, 6.07) is 6.45. The molecule has 1 heterocycles. The van der Waals surface area contributed by atoms with Crippen molar-refractivity contribution in [1.29, 1.82) is 0 Å². The van der Waals surface area contributed by atoms with Crippen LogP contribution in [-0.4, -0.2) is 25.0 Å². The largest absolute Gasteiger partial charge is 0.321 e. The van der Waals surface area contributed by atoms with Crippen LogP contribution >= 0.6 is 11.6 Å². The third-order valence-corrected chi connectivity index (χ3v) is 4.65. The molecule has 2 N–H and O–H groups in total. The molecule has 92 valence electrons. The molecular weight excluding hydrogens is 232 g/mol. The fraction of sp³-hybridized carbons (Fsp3) is 0.571. The van der Waals surface area contributed by atoms with Gasteiger partial charge in [-0.2, -0.15) is 0 Å². The maximum Gasteiger partial charge on any atom is 0.0445 e. The Bertz CT molecular complexity index is 434. The predicted octanol–water partition coefficient (Wildman–Crippen LogP) is 2.71. The van der Waals surface area contributed by atoms with Crippen LogP contribution in [0.2, 0.25) is 5.02 Å². The molecule has 1 aromatic rings. The highest BCUT2D eigenvalue weighted by atomic mass is 35.5. The highest BCUT2D eigenvalue weighted by Gasteiger charge is 2.35. The molecule has 0 radical (unpaired) electrons. The van der Waals surface area contributed by atoms with E-state index in [2.05, 4.69) is 30.1 Å². The third kappa shape index (κ3) is 1.88. The van der Waals surface area contributed by atoms with Crippen LogP contribution in [0.3, 0.4) is 0 Å². The molecule has 2 fully saturated rings. The molecule has 1 saturated heterocycles. The van der Waals surface area contributed by atoms with Crippen LogP contribution in [0.4, 0.5) is 0 Å². The van der Waals surface area contributed by atoms with Crippen LogP contribution < -0.4 is 5.73 Å². The minimum absolute atomic E-state index is 0.0986. The van der Waals surface area contributed by atoms with E-state index >= 15 is 0 Å². The highest BCUT2D eigenvalue weighted by Crippen LogP contribution is 2.41. The van der Waals surface area contributed by atoms with E-state index in [1.54, 1.807) is 0 Å². The molecule has 1 aromatic carbocycles. The summed E-state index contributed by atoms with van der Waals surface area (Å²) in [5.41, 5.74) is 8.72. The average Bonchev–Trinajstić information content (AvgIpc) is 2.22. The van der Waals surface area contributed by atoms with E-state index < -0.39 is 0 Å². The molecule has 0 atom stereocenters. The van der Waals surface area contributed by atoms with Gasteiger partial charge in [-0.25, -0.2) is 0 Å². The number of hydrogen-bond donors (Lipinski definition) is 1. The van der Waals surface area contributed by atoms with Crippen molar-refractivity contribution in [3.05, 3.63) is 34.3 Å². The van der Waals surface area contributed by atoms with Gasteiger partial charge in [0.2, 0.25) is 0 Å². The Hall–Kier alpha value is -0.570. The van der Waals surface area contributed by atoms with E-state index in [1.807, 2.05) is 0 Å². The van der Waals surface area contributed by atoms with Crippen LogP contribution in [0.1, 0.15) is 36.3 Å². The molecule has 3 rings (SSSR count). The lowest BCUT2D eigenvalue weighted by Gasteiger charge is -2.40. The maximum absolute atomic E-state index is 6.40. The number of rotatable bonds is 2. The van der Waals surface area contributed by atoms with Gasteiger partial charge in [-0.15, -0.1) is 0 Å². The molecule has 1 aliphatic heterocycles. The van der Waals surface area contributed by atoms with Gasteiger partial charge in [0.15, 0.2) is 0 Å². The molecule has 0 amide bonds. The molecule has 0 aromatic heterocycles. The number of nitrogens with two attached hydrogens (primary N) is 1.